The van der Waals surface area contributed by atoms with Crippen molar-refractivity contribution in [2.24, 2.45) is 11.8 Å². The zero-order chi connectivity index (χ0) is 28.2. The molecule has 3 rings (SSSR count). The lowest BCUT2D eigenvalue weighted by Crippen LogP contribution is -2.42. The minimum atomic E-state index is -4.75. The number of carboxylic acid groups (broad SMARTS) is 1. The summed E-state index contributed by atoms with van der Waals surface area (Å²) in [4.78, 5) is 38.2. The molecule has 0 spiro atoms. The third-order valence-corrected chi connectivity index (χ3v) is 6.70. The quantitative estimate of drug-likeness (QED) is 0.409. The molecule has 1 fully saturated rings. The van der Waals surface area contributed by atoms with Gasteiger partial charge in [-0.3, -0.25) is 9.59 Å². The van der Waals surface area contributed by atoms with Gasteiger partial charge in [-0.2, -0.15) is 13.2 Å². The summed E-state index contributed by atoms with van der Waals surface area (Å²) < 4.78 is 46.9. The summed E-state index contributed by atoms with van der Waals surface area (Å²) in [5.41, 5.74) is -0.911. The summed E-state index contributed by atoms with van der Waals surface area (Å²) >= 11 is 0. The summed E-state index contributed by atoms with van der Waals surface area (Å²) in [5.74, 6) is -2.17. The lowest BCUT2D eigenvalue weighted by atomic mass is 9.82. The van der Waals surface area contributed by atoms with E-state index >= 15 is 0 Å². The number of alkyl halides is 3. The standard InChI is InChI=1S/C28H33F3N2O5/c1-16(2)33(26(35)20-8-5-17(3)6-9-20)24-11-10-21(14-22(24)27(36)37)38-25-12-7-19(15-32-18(4)34)13-23(25)28(29,30)31/h7,10-14,16-17,20H,5-6,8-9,15H2,1-4H3,(H,32,34)(H,36,37)/t17-,20-. The molecule has 0 saturated heterocycles. The molecular weight excluding hydrogens is 501 g/mol. The average molecular weight is 535 g/mol. The van der Waals surface area contributed by atoms with Crippen LogP contribution in [0.1, 0.15) is 74.9 Å². The van der Waals surface area contributed by atoms with Crippen LogP contribution in [0.2, 0.25) is 0 Å². The monoisotopic (exact) mass is 534 g/mol. The summed E-state index contributed by atoms with van der Waals surface area (Å²) in [6.07, 6.45) is -1.45. The molecule has 0 unspecified atom stereocenters. The second kappa shape index (κ2) is 11.9. The maximum Gasteiger partial charge on any atom is 0.419 e. The van der Waals surface area contributed by atoms with Gasteiger partial charge in [0.2, 0.25) is 11.8 Å². The van der Waals surface area contributed by atoms with Crippen LogP contribution in [0.3, 0.4) is 0 Å². The predicted molar refractivity (Wildman–Crippen MR) is 136 cm³/mol. The molecule has 7 nitrogen and oxygen atoms in total. The normalized spacial score (nSPS) is 17.7. The Bertz CT molecular complexity index is 1190. The lowest BCUT2D eigenvalue weighted by Gasteiger charge is -2.34. The Morgan fingerprint density at radius 3 is 2.29 bits per heavy atom. The molecule has 38 heavy (non-hydrogen) atoms. The Labute approximate surface area is 220 Å². The number of carbonyl (C=O) groups excluding carboxylic acids is 2. The third kappa shape index (κ3) is 7.05. The van der Waals surface area contributed by atoms with E-state index in [1.807, 2.05) is 0 Å². The first-order valence-electron chi connectivity index (χ1n) is 12.6. The number of nitrogens with zero attached hydrogens (tertiary/aromatic N) is 1. The van der Waals surface area contributed by atoms with E-state index in [0.29, 0.717) is 5.92 Å². The number of ether oxygens (including phenoxy) is 1. The van der Waals surface area contributed by atoms with Crippen molar-refractivity contribution in [1.82, 2.24) is 5.32 Å². The molecule has 10 heteroatoms. The summed E-state index contributed by atoms with van der Waals surface area (Å²) in [6.45, 7) is 6.89. The van der Waals surface area contributed by atoms with E-state index in [-0.39, 0.29) is 52.9 Å². The molecule has 2 aromatic rings. The van der Waals surface area contributed by atoms with Crippen molar-refractivity contribution in [3.63, 3.8) is 0 Å². The number of aromatic carboxylic acids is 1. The molecule has 1 aliphatic rings. The number of rotatable bonds is 8. The number of benzene rings is 2. The van der Waals surface area contributed by atoms with E-state index < -0.39 is 23.5 Å². The van der Waals surface area contributed by atoms with Gasteiger partial charge < -0.3 is 20.1 Å². The molecule has 0 heterocycles. The van der Waals surface area contributed by atoms with Crippen LogP contribution in [-0.2, 0) is 22.3 Å². The predicted octanol–water partition coefficient (Wildman–Crippen LogP) is 6.40. The number of carboxylic acids is 1. The highest BCUT2D eigenvalue weighted by molar-refractivity contribution is 6.03. The van der Waals surface area contributed by atoms with Gasteiger partial charge in [-0.25, -0.2) is 4.79 Å². The number of amides is 2. The zero-order valence-corrected chi connectivity index (χ0v) is 21.9. The van der Waals surface area contributed by atoms with Crippen molar-refractivity contribution < 1.29 is 37.4 Å². The molecule has 0 aromatic heterocycles. The van der Waals surface area contributed by atoms with E-state index in [4.69, 9.17) is 4.74 Å². The number of anilines is 1. The van der Waals surface area contributed by atoms with Crippen LogP contribution >= 0.6 is 0 Å². The van der Waals surface area contributed by atoms with Gasteiger partial charge in [-0.15, -0.1) is 0 Å². The number of nitrogens with one attached hydrogen (secondary N) is 1. The maximum absolute atomic E-state index is 13.8. The number of halogens is 3. The van der Waals surface area contributed by atoms with Crippen molar-refractivity contribution in [3.05, 3.63) is 53.1 Å². The Kier molecular flexibility index (Phi) is 9.06. The zero-order valence-electron chi connectivity index (χ0n) is 21.9. The van der Waals surface area contributed by atoms with Gasteiger partial charge in [0.1, 0.15) is 11.5 Å². The van der Waals surface area contributed by atoms with Crippen molar-refractivity contribution in [1.29, 1.82) is 0 Å². The van der Waals surface area contributed by atoms with Crippen LogP contribution in [0.15, 0.2) is 36.4 Å². The van der Waals surface area contributed by atoms with Crippen molar-refractivity contribution in [2.75, 3.05) is 4.90 Å². The molecule has 0 atom stereocenters. The largest absolute Gasteiger partial charge is 0.478 e. The Hall–Kier alpha value is -3.56. The molecule has 0 aliphatic heterocycles. The number of hydrogen-bond acceptors (Lipinski definition) is 4. The molecule has 206 valence electrons. The van der Waals surface area contributed by atoms with Gasteiger partial charge in [-0.05, 0) is 81.3 Å². The fraction of sp³-hybridized carbons (Fsp3) is 0.464. The van der Waals surface area contributed by atoms with Crippen molar-refractivity contribution >= 4 is 23.5 Å². The Balaban J connectivity index is 1.95. The highest BCUT2D eigenvalue weighted by Crippen LogP contribution is 2.40. The summed E-state index contributed by atoms with van der Waals surface area (Å²) in [5, 5.41) is 12.4. The topological polar surface area (TPSA) is 95.9 Å². The number of carbonyl (C=O) groups is 3. The smallest absolute Gasteiger partial charge is 0.419 e. The second-order valence-electron chi connectivity index (χ2n) is 10.1. The molecule has 0 radical (unpaired) electrons. The third-order valence-electron chi connectivity index (χ3n) is 6.70. The molecule has 0 bridgehead atoms. The summed E-state index contributed by atoms with van der Waals surface area (Å²) in [6, 6.07) is 6.95. The summed E-state index contributed by atoms with van der Waals surface area (Å²) in [7, 11) is 0. The minimum absolute atomic E-state index is 0.0878. The molecule has 2 N–H and O–H groups in total. The van der Waals surface area contributed by atoms with Crippen LogP contribution in [0.5, 0.6) is 11.5 Å². The highest BCUT2D eigenvalue weighted by atomic mass is 19.4. The van der Waals surface area contributed by atoms with Gasteiger partial charge in [0, 0.05) is 25.4 Å². The van der Waals surface area contributed by atoms with Crippen LogP contribution in [-0.4, -0.2) is 28.9 Å². The van der Waals surface area contributed by atoms with Gasteiger partial charge in [0.15, 0.2) is 0 Å². The maximum atomic E-state index is 13.8. The van der Waals surface area contributed by atoms with Crippen LogP contribution in [0, 0.1) is 11.8 Å². The minimum Gasteiger partial charge on any atom is -0.478 e. The first-order valence-corrected chi connectivity index (χ1v) is 12.6. The fourth-order valence-corrected chi connectivity index (χ4v) is 4.67. The van der Waals surface area contributed by atoms with E-state index in [0.717, 1.165) is 43.9 Å². The Morgan fingerprint density at radius 1 is 1.08 bits per heavy atom. The van der Waals surface area contributed by atoms with Gasteiger partial charge >= 0.3 is 12.1 Å². The average Bonchev–Trinajstić information content (AvgIpc) is 2.83. The SMILES string of the molecule is CC(=O)NCc1ccc(Oc2ccc(N(C(=O)[C@H]3CC[C@H](C)CC3)C(C)C)c(C(=O)O)c2)c(C(F)(F)F)c1. The molecule has 1 saturated carbocycles. The van der Waals surface area contributed by atoms with Crippen LogP contribution in [0.25, 0.3) is 0 Å². The van der Waals surface area contributed by atoms with Crippen molar-refractivity contribution in [2.45, 2.75) is 72.1 Å². The second-order valence-corrected chi connectivity index (χ2v) is 10.1. The van der Waals surface area contributed by atoms with Crippen LogP contribution in [0.4, 0.5) is 18.9 Å². The first kappa shape index (κ1) is 29.0. The van der Waals surface area contributed by atoms with Gasteiger partial charge in [0.25, 0.3) is 0 Å². The number of hydrogen-bond donors (Lipinski definition) is 2. The lowest BCUT2D eigenvalue weighted by molar-refractivity contribution is -0.138. The van der Waals surface area contributed by atoms with Gasteiger partial charge in [0.05, 0.1) is 16.8 Å². The van der Waals surface area contributed by atoms with Crippen molar-refractivity contribution in [3.8, 4) is 11.5 Å². The van der Waals surface area contributed by atoms with E-state index in [9.17, 15) is 32.7 Å². The first-order chi connectivity index (χ1) is 17.8. The highest BCUT2D eigenvalue weighted by Gasteiger charge is 2.36. The van der Waals surface area contributed by atoms with E-state index in [1.165, 1.54) is 30.0 Å². The molecule has 1 aliphatic carbocycles. The van der Waals surface area contributed by atoms with Gasteiger partial charge in [-0.1, -0.05) is 13.0 Å². The fourth-order valence-electron chi connectivity index (χ4n) is 4.67. The molecule has 2 amide bonds. The Morgan fingerprint density at radius 2 is 1.74 bits per heavy atom. The molecule has 2 aromatic carbocycles. The van der Waals surface area contributed by atoms with E-state index in [2.05, 4.69) is 12.2 Å². The van der Waals surface area contributed by atoms with E-state index in [1.54, 1.807) is 13.8 Å². The van der Waals surface area contributed by atoms with Crippen LogP contribution < -0.4 is 15.0 Å². The molecular formula is C28H33F3N2O5.